The number of hydrogen-bond acceptors (Lipinski definition) is 5. The Bertz CT molecular complexity index is 997. The Balaban J connectivity index is 1.65. The number of methoxy groups -OCH3 is 1. The number of thiophene rings is 1. The van der Waals surface area contributed by atoms with Crippen LogP contribution in [0.15, 0.2) is 70.9 Å². The van der Waals surface area contributed by atoms with E-state index in [1.807, 2.05) is 17.5 Å². The van der Waals surface area contributed by atoms with Crippen LogP contribution in [0.25, 0.3) is 0 Å². The number of amides is 1. The molecule has 1 heterocycles. The molecular weight excluding hydrogens is 384 g/mol. The summed E-state index contributed by atoms with van der Waals surface area (Å²) in [5.74, 6) is 0.369. The Kier molecular flexibility index (Phi) is 5.90. The van der Waals surface area contributed by atoms with Gasteiger partial charge in [0.05, 0.1) is 12.0 Å². The first-order valence-corrected chi connectivity index (χ1v) is 10.4. The van der Waals surface area contributed by atoms with Crippen LogP contribution in [0.2, 0.25) is 0 Å². The summed E-state index contributed by atoms with van der Waals surface area (Å²) in [7, 11) is -2.07. The molecule has 3 rings (SSSR count). The van der Waals surface area contributed by atoms with Gasteiger partial charge >= 0.3 is 0 Å². The second kappa shape index (κ2) is 8.34. The number of nitrogens with one attached hydrogen (secondary N) is 2. The number of hydrogen-bond donors (Lipinski definition) is 2. The van der Waals surface area contributed by atoms with Gasteiger partial charge in [0.15, 0.2) is 0 Å². The predicted octanol–water partition coefficient (Wildman–Crippen LogP) is 3.49. The van der Waals surface area contributed by atoms with Gasteiger partial charge in [0.2, 0.25) is 10.0 Å². The van der Waals surface area contributed by atoms with Crippen LogP contribution in [0.3, 0.4) is 0 Å². The van der Waals surface area contributed by atoms with Gasteiger partial charge in [-0.25, -0.2) is 13.1 Å². The maximum absolute atomic E-state index is 12.3. The zero-order valence-electron chi connectivity index (χ0n) is 14.5. The minimum Gasteiger partial charge on any atom is -0.497 e. The Labute approximate surface area is 161 Å². The van der Waals surface area contributed by atoms with Crippen molar-refractivity contribution in [3.05, 3.63) is 76.5 Å². The first kappa shape index (κ1) is 19.1. The van der Waals surface area contributed by atoms with Gasteiger partial charge in [-0.2, -0.15) is 0 Å². The monoisotopic (exact) mass is 402 g/mol. The van der Waals surface area contributed by atoms with E-state index in [1.54, 1.807) is 31.4 Å². The number of carbonyl (C=O) groups excluding carboxylic acids is 1. The van der Waals surface area contributed by atoms with Crippen molar-refractivity contribution in [2.24, 2.45) is 0 Å². The molecular formula is C19H18N2O4S2. The Morgan fingerprint density at radius 2 is 1.74 bits per heavy atom. The van der Waals surface area contributed by atoms with Gasteiger partial charge in [-0.1, -0.05) is 6.07 Å². The fourth-order valence-electron chi connectivity index (χ4n) is 2.33. The maximum atomic E-state index is 12.3. The molecule has 0 aliphatic carbocycles. The average molecular weight is 402 g/mol. The molecule has 0 radical (unpaired) electrons. The molecule has 0 aliphatic heterocycles. The van der Waals surface area contributed by atoms with Crippen molar-refractivity contribution in [2.75, 3.05) is 12.4 Å². The van der Waals surface area contributed by atoms with E-state index in [0.29, 0.717) is 17.0 Å². The van der Waals surface area contributed by atoms with Gasteiger partial charge in [0, 0.05) is 22.7 Å². The van der Waals surface area contributed by atoms with Crippen LogP contribution >= 0.6 is 11.3 Å². The number of ether oxygens (including phenoxy) is 1. The van der Waals surface area contributed by atoms with E-state index >= 15 is 0 Å². The van der Waals surface area contributed by atoms with Crippen LogP contribution in [0, 0.1) is 0 Å². The standard InChI is InChI=1S/C19H18N2O4S2/c1-25-16-8-6-15(7-9-16)21-19(22)14-4-10-18(11-5-14)27(23,24)20-13-17-3-2-12-26-17/h2-12,20H,13H2,1H3,(H,21,22). The van der Waals surface area contributed by atoms with Crippen LogP contribution < -0.4 is 14.8 Å². The highest BCUT2D eigenvalue weighted by molar-refractivity contribution is 7.89. The number of anilines is 1. The molecule has 0 saturated heterocycles. The van der Waals surface area contributed by atoms with Crippen LogP contribution in [-0.2, 0) is 16.6 Å². The maximum Gasteiger partial charge on any atom is 0.255 e. The number of benzene rings is 2. The highest BCUT2D eigenvalue weighted by Gasteiger charge is 2.15. The average Bonchev–Trinajstić information content (AvgIpc) is 3.21. The zero-order valence-corrected chi connectivity index (χ0v) is 16.1. The third-order valence-electron chi connectivity index (χ3n) is 3.79. The smallest absolute Gasteiger partial charge is 0.255 e. The van der Waals surface area contributed by atoms with E-state index < -0.39 is 10.0 Å². The molecule has 0 saturated carbocycles. The van der Waals surface area contributed by atoms with Gasteiger partial charge in [-0.15, -0.1) is 11.3 Å². The normalized spacial score (nSPS) is 11.1. The first-order chi connectivity index (χ1) is 13.0. The van der Waals surface area contributed by atoms with E-state index in [9.17, 15) is 13.2 Å². The molecule has 1 amide bonds. The van der Waals surface area contributed by atoms with Crippen molar-refractivity contribution in [3.63, 3.8) is 0 Å². The Morgan fingerprint density at radius 3 is 2.33 bits per heavy atom. The second-order valence-electron chi connectivity index (χ2n) is 5.61. The van der Waals surface area contributed by atoms with Gasteiger partial charge < -0.3 is 10.1 Å². The summed E-state index contributed by atoms with van der Waals surface area (Å²) in [5, 5.41) is 4.64. The van der Waals surface area contributed by atoms with Crippen LogP contribution in [0.4, 0.5) is 5.69 Å². The number of rotatable bonds is 7. The van der Waals surface area contributed by atoms with E-state index in [0.717, 1.165) is 4.88 Å². The molecule has 1 aromatic heterocycles. The molecule has 140 valence electrons. The molecule has 2 N–H and O–H groups in total. The van der Waals surface area contributed by atoms with Crippen molar-refractivity contribution in [1.82, 2.24) is 4.72 Å². The molecule has 3 aromatic rings. The van der Waals surface area contributed by atoms with Crippen molar-refractivity contribution in [3.8, 4) is 5.75 Å². The molecule has 2 aromatic carbocycles. The lowest BCUT2D eigenvalue weighted by atomic mass is 10.2. The van der Waals surface area contributed by atoms with Gasteiger partial charge in [-0.05, 0) is 60.0 Å². The summed E-state index contributed by atoms with van der Waals surface area (Å²) < 4.78 is 32.3. The number of sulfonamides is 1. The number of carbonyl (C=O) groups is 1. The second-order valence-corrected chi connectivity index (χ2v) is 8.41. The largest absolute Gasteiger partial charge is 0.497 e. The molecule has 0 bridgehead atoms. The fourth-order valence-corrected chi connectivity index (χ4v) is 4.07. The van der Waals surface area contributed by atoms with Crippen molar-refractivity contribution in [2.45, 2.75) is 11.4 Å². The van der Waals surface area contributed by atoms with E-state index in [-0.39, 0.29) is 17.3 Å². The highest BCUT2D eigenvalue weighted by atomic mass is 32.2. The summed E-state index contributed by atoms with van der Waals surface area (Å²) >= 11 is 1.48. The quantitative estimate of drug-likeness (QED) is 0.634. The first-order valence-electron chi connectivity index (χ1n) is 8.05. The van der Waals surface area contributed by atoms with Crippen molar-refractivity contribution < 1.29 is 17.9 Å². The van der Waals surface area contributed by atoms with Crippen LogP contribution in [0.1, 0.15) is 15.2 Å². The Hall–Kier alpha value is -2.68. The fraction of sp³-hybridized carbons (Fsp3) is 0.105. The Morgan fingerprint density at radius 1 is 1.04 bits per heavy atom. The lowest BCUT2D eigenvalue weighted by molar-refractivity contribution is 0.102. The molecule has 6 nitrogen and oxygen atoms in total. The minimum absolute atomic E-state index is 0.111. The summed E-state index contributed by atoms with van der Waals surface area (Å²) in [6, 6.07) is 16.5. The highest BCUT2D eigenvalue weighted by Crippen LogP contribution is 2.17. The molecule has 0 spiro atoms. The van der Waals surface area contributed by atoms with Crippen LogP contribution in [0.5, 0.6) is 5.75 Å². The van der Waals surface area contributed by atoms with Crippen molar-refractivity contribution >= 4 is 33.0 Å². The summed E-state index contributed by atoms with van der Waals surface area (Å²) in [4.78, 5) is 13.3. The molecule has 0 unspecified atom stereocenters. The molecule has 8 heteroatoms. The van der Waals surface area contributed by atoms with E-state index in [4.69, 9.17) is 4.74 Å². The molecule has 0 fully saturated rings. The van der Waals surface area contributed by atoms with E-state index in [1.165, 1.54) is 35.6 Å². The zero-order chi connectivity index (χ0) is 19.3. The molecule has 27 heavy (non-hydrogen) atoms. The third-order valence-corrected chi connectivity index (χ3v) is 6.08. The summed E-state index contributed by atoms with van der Waals surface area (Å²) in [6.07, 6.45) is 0. The topological polar surface area (TPSA) is 84.5 Å². The SMILES string of the molecule is COc1ccc(NC(=O)c2ccc(S(=O)(=O)NCc3cccs3)cc2)cc1. The predicted molar refractivity (Wildman–Crippen MR) is 106 cm³/mol. The summed E-state index contributed by atoms with van der Waals surface area (Å²) in [6.45, 7) is 0.236. The van der Waals surface area contributed by atoms with E-state index in [2.05, 4.69) is 10.0 Å². The minimum atomic E-state index is -3.63. The summed E-state index contributed by atoms with van der Waals surface area (Å²) in [5.41, 5.74) is 0.984. The van der Waals surface area contributed by atoms with Gasteiger partial charge in [0.1, 0.15) is 5.75 Å². The lowest BCUT2D eigenvalue weighted by Gasteiger charge is -2.08. The molecule has 0 atom stereocenters. The van der Waals surface area contributed by atoms with Crippen LogP contribution in [-0.4, -0.2) is 21.4 Å². The van der Waals surface area contributed by atoms with Crippen molar-refractivity contribution in [1.29, 1.82) is 0 Å². The lowest BCUT2D eigenvalue weighted by Crippen LogP contribution is -2.23. The molecule has 0 aliphatic rings. The van der Waals surface area contributed by atoms with Gasteiger partial charge in [-0.3, -0.25) is 4.79 Å². The third kappa shape index (κ3) is 4.94. The van der Waals surface area contributed by atoms with Gasteiger partial charge in [0.25, 0.3) is 5.91 Å².